The molecule has 0 aliphatic rings. The first kappa shape index (κ1) is 16.6. The Kier molecular flexibility index (Phi) is 5.36. The summed E-state index contributed by atoms with van der Waals surface area (Å²) in [5.41, 5.74) is 0.764. The average molecular weight is 340 g/mol. The number of benzene rings is 2. The molecule has 0 bridgehead atoms. The normalized spacial score (nSPS) is 10.4. The zero-order chi connectivity index (χ0) is 17.5. The van der Waals surface area contributed by atoms with E-state index in [1.807, 2.05) is 12.1 Å². The standard InChI is InChI=1S/C18H17FN4O2/c19-15-6-2-4-8-17(15)25-16-7-3-1-5-14(16)11-21-18(24)9-10-23-13-20-12-22-23/h1-8,12-13H,9-11H2,(H,21,24). The average Bonchev–Trinajstić information content (AvgIpc) is 3.15. The van der Waals surface area contributed by atoms with Crippen molar-refractivity contribution in [3.05, 3.63) is 72.6 Å². The molecular weight excluding hydrogens is 323 g/mol. The predicted molar refractivity (Wildman–Crippen MR) is 89.4 cm³/mol. The molecule has 3 aromatic rings. The van der Waals surface area contributed by atoms with Gasteiger partial charge in [-0.3, -0.25) is 9.48 Å². The summed E-state index contributed by atoms with van der Waals surface area (Å²) in [5.74, 6) is 0.0991. The van der Waals surface area contributed by atoms with Gasteiger partial charge in [0.2, 0.25) is 5.91 Å². The monoisotopic (exact) mass is 340 g/mol. The summed E-state index contributed by atoms with van der Waals surface area (Å²) >= 11 is 0. The molecule has 25 heavy (non-hydrogen) atoms. The summed E-state index contributed by atoms with van der Waals surface area (Å²) in [5, 5.41) is 6.77. The molecule has 2 aromatic carbocycles. The van der Waals surface area contributed by atoms with E-state index >= 15 is 0 Å². The summed E-state index contributed by atoms with van der Waals surface area (Å²) in [6.07, 6.45) is 3.28. The quantitative estimate of drug-likeness (QED) is 0.718. The van der Waals surface area contributed by atoms with Gasteiger partial charge in [0, 0.05) is 18.5 Å². The van der Waals surface area contributed by atoms with E-state index in [0.717, 1.165) is 5.56 Å². The Hall–Kier alpha value is -3.22. The fraction of sp³-hybridized carbons (Fsp3) is 0.167. The molecule has 0 saturated heterocycles. The molecule has 0 unspecified atom stereocenters. The van der Waals surface area contributed by atoms with Crippen molar-refractivity contribution in [3.8, 4) is 11.5 Å². The van der Waals surface area contributed by atoms with Gasteiger partial charge in [-0.25, -0.2) is 9.37 Å². The molecule has 1 heterocycles. The second kappa shape index (κ2) is 8.05. The number of para-hydroxylation sites is 2. The summed E-state index contributed by atoms with van der Waals surface area (Å²) in [4.78, 5) is 15.8. The number of aromatic nitrogens is 3. The van der Waals surface area contributed by atoms with E-state index < -0.39 is 5.82 Å². The van der Waals surface area contributed by atoms with Gasteiger partial charge in [0.05, 0.1) is 6.54 Å². The highest BCUT2D eigenvalue weighted by atomic mass is 19.1. The largest absolute Gasteiger partial charge is 0.454 e. The molecule has 1 aromatic heterocycles. The molecule has 0 aliphatic carbocycles. The molecular formula is C18H17FN4O2. The molecule has 0 aliphatic heterocycles. The zero-order valence-corrected chi connectivity index (χ0v) is 13.4. The number of nitrogens with zero attached hydrogens (tertiary/aromatic N) is 3. The summed E-state index contributed by atoms with van der Waals surface area (Å²) in [6.45, 7) is 0.750. The Morgan fingerprint density at radius 2 is 1.88 bits per heavy atom. The van der Waals surface area contributed by atoms with Crippen molar-refractivity contribution in [2.75, 3.05) is 0 Å². The first-order chi connectivity index (χ1) is 12.2. The molecule has 7 heteroatoms. The van der Waals surface area contributed by atoms with Crippen LogP contribution >= 0.6 is 0 Å². The smallest absolute Gasteiger partial charge is 0.222 e. The third-order valence-electron chi connectivity index (χ3n) is 3.54. The van der Waals surface area contributed by atoms with Crippen LogP contribution in [0.25, 0.3) is 0 Å². The number of hydrogen-bond donors (Lipinski definition) is 1. The van der Waals surface area contributed by atoms with Gasteiger partial charge in [0.1, 0.15) is 18.4 Å². The fourth-order valence-corrected chi connectivity index (χ4v) is 2.24. The predicted octanol–water partition coefficient (Wildman–Crippen LogP) is 2.92. The minimum atomic E-state index is -0.436. The minimum absolute atomic E-state index is 0.115. The lowest BCUT2D eigenvalue weighted by Crippen LogP contribution is -2.24. The van der Waals surface area contributed by atoms with E-state index in [1.165, 1.54) is 12.4 Å². The van der Waals surface area contributed by atoms with Crippen LogP contribution < -0.4 is 10.1 Å². The van der Waals surface area contributed by atoms with Crippen LogP contribution in [-0.2, 0) is 17.9 Å². The van der Waals surface area contributed by atoms with E-state index in [1.54, 1.807) is 41.3 Å². The molecule has 0 radical (unpaired) electrons. The Balaban J connectivity index is 1.59. The van der Waals surface area contributed by atoms with Gasteiger partial charge in [0.15, 0.2) is 11.6 Å². The van der Waals surface area contributed by atoms with E-state index in [4.69, 9.17) is 4.74 Å². The van der Waals surface area contributed by atoms with Crippen LogP contribution in [0.2, 0.25) is 0 Å². The van der Waals surface area contributed by atoms with Gasteiger partial charge in [0.25, 0.3) is 0 Å². The van der Waals surface area contributed by atoms with Crippen molar-refractivity contribution in [3.63, 3.8) is 0 Å². The number of hydrogen-bond acceptors (Lipinski definition) is 4. The summed E-state index contributed by atoms with van der Waals surface area (Å²) < 4.78 is 21.0. The van der Waals surface area contributed by atoms with Crippen LogP contribution in [0.4, 0.5) is 4.39 Å². The Morgan fingerprint density at radius 3 is 2.64 bits per heavy atom. The van der Waals surface area contributed by atoms with Crippen molar-refractivity contribution in [1.29, 1.82) is 0 Å². The Labute approximate surface area is 144 Å². The lowest BCUT2D eigenvalue weighted by molar-refractivity contribution is -0.121. The van der Waals surface area contributed by atoms with Crippen LogP contribution in [0.5, 0.6) is 11.5 Å². The Morgan fingerprint density at radius 1 is 1.12 bits per heavy atom. The van der Waals surface area contributed by atoms with Crippen molar-refractivity contribution >= 4 is 5.91 Å². The van der Waals surface area contributed by atoms with Crippen molar-refractivity contribution < 1.29 is 13.9 Å². The van der Waals surface area contributed by atoms with Gasteiger partial charge >= 0.3 is 0 Å². The van der Waals surface area contributed by atoms with Crippen molar-refractivity contribution in [2.24, 2.45) is 0 Å². The van der Waals surface area contributed by atoms with E-state index in [2.05, 4.69) is 15.4 Å². The topological polar surface area (TPSA) is 69.0 Å². The number of amides is 1. The van der Waals surface area contributed by atoms with Crippen molar-refractivity contribution in [2.45, 2.75) is 19.5 Å². The SMILES string of the molecule is O=C(CCn1cncn1)NCc1ccccc1Oc1ccccc1F. The fourth-order valence-electron chi connectivity index (χ4n) is 2.24. The highest BCUT2D eigenvalue weighted by molar-refractivity contribution is 5.75. The number of ether oxygens (including phenoxy) is 1. The molecule has 0 spiro atoms. The number of rotatable bonds is 7. The molecule has 3 rings (SSSR count). The highest BCUT2D eigenvalue weighted by Crippen LogP contribution is 2.27. The number of carbonyl (C=O) groups excluding carboxylic acids is 1. The molecule has 0 fully saturated rings. The highest BCUT2D eigenvalue weighted by Gasteiger charge is 2.09. The van der Waals surface area contributed by atoms with E-state index in [0.29, 0.717) is 25.3 Å². The van der Waals surface area contributed by atoms with Gasteiger partial charge in [-0.2, -0.15) is 5.10 Å². The molecule has 1 amide bonds. The van der Waals surface area contributed by atoms with Gasteiger partial charge in [-0.15, -0.1) is 0 Å². The second-order valence-electron chi connectivity index (χ2n) is 5.33. The van der Waals surface area contributed by atoms with Crippen LogP contribution in [0.15, 0.2) is 61.2 Å². The first-order valence-corrected chi connectivity index (χ1v) is 7.82. The Bertz CT molecular complexity index is 837. The van der Waals surface area contributed by atoms with Crippen LogP contribution in [0.3, 0.4) is 0 Å². The van der Waals surface area contributed by atoms with Crippen molar-refractivity contribution in [1.82, 2.24) is 20.1 Å². The first-order valence-electron chi connectivity index (χ1n) is 7.82. The van der Waals surface area contributed by atoms with Crippen LogP contribution in [-0.4, -0.2) is 20.7 Å². The van der Waals surface area contributed by atoms with Gasteiger partial charge < -0.3 is 10.1 Å². The number of carbonyl (C=O) groups is 1. The molecule has 0 atom stereocenters. The van der Waals surface area contributed by atoms with Gasteiger partial charge in [-0.1, -0.05) is 30.3 Å². The lowest BCUT2D eigenvalue weighted by atomic mass is 10.2. The van der Waals surface area contributed by atoms with Crippen LogP contribution in [0.1, 0.15) is 12.0 Å². The molecule has 128 valence electrons. The minimum Gasteiger partial charge on any atom is -0.454 e. The van der Waals surface area contributed by atoms with E-state index in [9.17, 15) is 9.18 Å². The lowest BCUT2D eigenvalue weighted by Gasteiger charge is -2.12. The van der Waals surface area contributed by atoms with E-state index in [-0.39, 0.29) is 11.7 Å². The summed E-state index contributed by atoms with van der Waals surface area (Å²) in [7, 11) is 0. The molecule has 6 nitrogen and oxygen atoms in total. The van der Waals surface area contributed by atoms with Gasteiger partial charge in [-0.05, 0) is 18.2 Å². The zero-order valence-electron chi connectivity index (χ0n) is 13.4. The maximum Gasteiger partial charge on any atom is 0.222 e. The molecule has 0 saturated carbocycles. The number of aryl methyl sites for hydroxylation is 1. The van der Waals surface area contributed by atoms with Crippen LogP contribution in [0, 0.1) is 5.82 Å². The maximum absolute atomic E-state index is 13.7. The third-order valence-corrected chi connectivity index (χ3v) is 3.54. The second-order valence-corrected chi connectivity index (χ2v) is 5.33. The maximum atomic E-state index is 13.7. The third kappa shape index (κ3) is 4.63. The molecule has 1 N–H and O–H groups in total. The number of halogens is 1. The number of nitrogens with one attached hydrogen (secondary N) is 1. The summed E-state index contributed by atoms with van der Waals surface area (Å²) in [6, 6.07) is 13.4.